The Morgan fingerprint density at radius 3 is 2.18 bits per heavy atom. The van der Waals surface area contributed by atoms with E-state index in [4.69, 9.17) is 0 Å². The zero-order chi connectivity index (χ0) is 24.2. The van der Waals surface area contributed by atoms with Crippen molar-refractivity contribution in [3.8, 4) is 0 Å². The molecule has 1 aliphatic heterocycles. The fourth-order valence-corrected chi connectivity index (χ4v) is 5.63. The van der Waals surface area contributed by atoms with Crippen molar-refractivity contribution < 1.29 is 26.4 Å². The van der Waals surface area contributed by atoms with Crippen molar-refractivity contribution in [1.29, 1.82) is 0 Å². The first kappa shape index (κ1) is 24.7. The minimum Gasteiger partial charge on any atom is -0.326 e. The van der Waals surface area contributed by atoms with Crippen LogP contribution in [0.15, 0.2) is 47.4 Å². The van der Waals surface area contributed by atoms with Gasteiger partial charge in [-0.25, -0.2) is 16.8 Å². The zero-order valence-electron chi connectivity index (χ0n) is 18.3. The molecule has 0 bridgehead atoms. The third-order valence-electron chi connectivity index (χ3n) is 4.92. The molecule has 0 aromatic heterocycles. The standard InChI is InChI=1S/C21H26N4O6S2/c1-15(26)22-17-9-10-20(24-32(2,28)29)19(14-17)21(27)23-16-7-6-8-18(13-16)33(30,31)25-11-4-3-5-12-25/h6-10,13-14,24H,3-5,11-12H2,1-2H3,(H,22,26)(H,23,27). The molecule has 3 rings (SSSR count). The van der Waals surface area contributed by atoms with E-state index in [-0.39, 0.29) is 27.7 Å². The van der Waals surface area contributed by atoms with Crippen molar-refractivity contribution in [3.63, 3.8) is 0 Å². The molecule has 10 nitrogen and oxygen atoms in total. The molecule has 2 aromatic carbocycles. The van der Waals surface area contributed by atoms with Crippen LogP contribution in [0.3, 0.4) is 0 Å². The van der Waals surface area contributed by atoms with E-state index in [2.05, 4.69) is 15.4 Å². The average Bonchev–Trinajstić information content (AvgIpc) is 2.74. The largest absolute Gasteiger partial charge is 0.326 e. The summed E-state index contributed by atoms with van der Waals surface area (Å²) in [4.78, 5) is 24.4. The van der Waals surface area contributed by atoms with Gasteiger partial charge in [-0.15, -0.1) is 0 Å². The van der Waals surface area contributed by atoms with Crippen LogP contribution in [-0.4, -0.2) is 52.3 Å². The molecule has 2 aromatic rings. The predicted molar refractivity (Wildman–Crippen MR) is 126 cm³/mol. The number of anilines is 3. The summed E-state index contributed by atoms with van der Waals surface area (Å²) in [7, 11) is -7.38. The van der Waals surface area contributed by atoms with Gasteiger partial charge < -0.3 is 10.6 Å². The zero-order valence-corrected chi connectivity index (χ0v) is 19.9. The van der Waals surface area contributed by atoms with Crippen molar-refractivity contribution in [3.05, 3.63) is 48.0 Å². The van der Waals surface area contributed by atoms with Gasteiger partial charge in [0, 0.05) is 31.4 Å². The fraction of sp³-hybridized carbons (Fsp3) is 0.333. The molecular formula is C21H26N4O6S2. The first-order valence-corrected chi connectivity index (χ1v) is 13.6. The van der Waals surface area contributed by atoms with Gasteiger partial charge in [0.1, 0.15) is 0 Å². The smallest absolute Gasteiger partial charge is 0.257 e. The monoisotopic (exact) mass is 494 g/mol. The number of sulfonamides is 2. The maximum Gasteiger partial charge on any atom is 0.257 e. The summed E-state index contributed by atoms with van der Waals surface area (Å²) in [6.45, 7) is 2.21. The van der Waals surface area contributed by atoms with Gasteiger partial charge in [0.05, 0.1) is 22.4 Å². The molecule has 0 spiro atoms. The molecule has 1 fully saturated rings. The molecule has 12 heteroatoms. The lowest BCUT2D eigenvalue weighted by atomic mass is 10.1. The van der Waals surface area contributed by atoms with E-state index in [1.165, 1.54) is 53.7 Å². The van der Waals surface area contributed by atoms with Gasteiger partial charge in [0.25, 0.3) is 5.91 Å². The highest BCUT2D eigenvalue weighted by atomic mass is 32.2. The van der Waals surface area contributed by atoms with Crippen molar-refractivity contribution in [2.75, 3.05) is 34.7 Å². The van der Waals surface area contributed by atoms with E-state index >= 15 is 0 Å². The second kappa shape index (κ2) is 9.89. The minimum atomic E-state index is -3.69. The molecule has 0 atom stereocenters. The number of nitrogens with zero attached hydrogens (tertiary/aromatic N) is 1. The number of rotatable bonds is 7. The summed E-state index contributed by atoms with van der Waals surface area (Å²) in [5.41, 5.74) is 0.499. The Balaban J connectivity index is 1.90. The number of carbonyl (C=O) groups excluding carboxylic acids is 2. The van der Waals surface area contributed by atoms with E-state index in [1.54, 1.807) is 0 Å². The molecule has 3 N–H and O–H groups in total. The number of hydrogen-bond acceptors (Lipinski definition) is 6. The quantitative estimate of drug-likeness (QED) is 0.540. The summed E-state index contributed by atoms with van der Waals surface area (Å²) in [5, 5.41) is 5.15. The highest BCUT2D eigenvalue weighted by molar-refractivity contribution is 7.92. The number of amides is 2. The van der Waals surface area contributed by atoms with Gasteiger partial charge in [-0.05, 0) is 49.2 Å². The maximum absolute atomic E-state index is 13.0. The molecule has 2 amide bonds. The van der Waals surface area contributed by atoms with Crippen LogP contribution in [0.25, 0.3) is 0 Å². The summed E-state index contributed by atoms with van der Waals surface area (Å²) in [6, 6.07) is 10.0. The van der Waals surface area contributed by atoms with Gasteiger partial charge in [0.15, 0.2) is 0 Å². The van der Waals surface area contributed by atoms with Crippen LogP contribution >= 0.6 is 0 Å². The summed E-state index contributed by atoms with van der Waals surface area (Å²) < 4.78 is 53.0. The Morgan fingerprint density at radius 1 is 0.879 bits per heavy atom. The van der Waals surface area contributed by atoms with E-state index in [0.717, 1.165) is 25.5 Å². The normalized spacial score (nSPS) is 15.0. The van der Waals surface area contributed by atoms with Crippen molar-refractivity contribution >= 4 is 48.9 Å². The van der Waals surface area contributed by atoms with Crippen molar-refractivity contribution in [2.24, 2.45) is 0 Å². The molecule has 0 radical (unpaired) electrons. The second-order valence-electron chi connectivity index (χ2n) is 7.76. The van der Waals surface area contributed by atoms with Gasteiger partial charge in [-0.2, -0.15) is 4.31 Å². The van der Waals surface area contributed by atoms with Gasteiger partial charge in [0.2, 0.25) is 26.0 Å². The van der Waals surface area contributed by atoms with Crippen molar-refractivity contribution in [1.82, 2.24) is 4.31 Å². The van der Waals surface area contributed by atoms with Crippen LogP contribution in [0.2, 0.25) is 0 Å². The predicted octanol–water partition coefficient (Wildman–Crippen LogP) is 2.44. The van der Waals surface area contributed by atoms with E-state index in [1.807, 2.05) is 0 Å². The molecule has 1 saturated heterocycles. The Morgan fingerprint density at radius 2 is 1.55 bits per heavy atom. The van der Waals surface area contributed by atoms with Crippen LogP contribution in [-0.2, 0) is 24.8 Å². The van der Waals surface area contributed by atoms with Crippen LogP contribution < -0.4 is 15.4 Å². The van der Waals surface area contributed by atoms with E-state index in [0.29, 0.717) is 18.8 Å². The number of piperidine rings is 1. The van der Waals surface area contributed by atoms with Crippen LogP contribution in [0.4, 0.5) is 17.1 Å². The molecule has 1 aliphatic rings. The van der Waals surface area contributed by atoms with E-state index in [9.17, 15) is 26.4 Å². The lowest BCUT2D eigenvalue weighted by molar-refractivity contribution is -0.114. The maximum atomic E-state index is 13.0. The third-order valence-corrected chi connectivity index (χ3v) is 7.41. The molecular weight excluding hydrogens is 468 g/mol. The highest BCUT2D eigenvalue weighted by Crippen LogP contribution is 2.26. The minimum absolute atomic E-state index is 0.0150. The Bertz CT molecular complexity index is 1270. The molecule has 178 valence electrons. The first-order chi connectivity index (χ1) is 15.5. The number of carbonyl (C=O) groups is 2. The fourth-order valence-electron chi connectivity index (χ4n) is 3.49. The molecule has 0 unspecified atom stereocenters. The number of hydrogen-bond donors (Lipinski definition) is 3. The van der Waals surface area contributed by atoms with Gasteiger partial charge in [-0.3, -0.25) is 14.3 Å². The Labute approximate surface area is 193 Å². The van der Waals surface area contributed by atoms with Crippen LogP contribution in [0, 0.1) is 0 Å². The second-order valence-corrected chi connectivity index (χ2v) is 11.4. The van der Waals surface area contributed by atoms with Gasteiger partial charge >= 0.3 is 0 Å². The molecule has 1 heterocycles. The lowest BCUT2D eigenvalue weighted by Gasteiger charge is -2.26. The third kappa shape index (κ3) is 6.53. The Kier molecular flexibility index (Phi) is 7.40. The van der Waals surface area contributed by atoms with E-state index < -0.39 is 26.0 Å². The molecule has 33 heavy (non-hydrogen) atoms. The topological polar surface area (TPSA) is 142 Å². The Hall–Kier alpha value is -2.96. The van der Waals surface area contributed by atoms with Crippen molar-refractivity contribution in [2.45, 2.75) is 31.1 Å². The summed E-state index contributed by atoms with van der Waals surface area (Å²) >= 11 is 0. The SMILES string of the molecule is CC(=O)Nc1ccc(NS(C)(=O)=O)c(C(=O)Nc2cccc(S(=O)(=O)N3CCCCC3)c2)c1. The summed E-state index contributed by atoms with van der Waals surface area (Å²) in [6.07, 6.45) is 3.54. The first-order valence-electron chi connectivity index (χ1n) is 10.3. The van der Waals surface area contributed by atoms with Crippen LogP contribution in [0.5, 0.6) is 0 Å². The summed E-state index contributed by atoms with van der Waals surface area (Å²) in [5.74, 6) is -1.04. The highest BCUT2D eigenvalue weighted by Gasteiger charge is 2.26. The molecule has 0 aliphatic carbocycles. The number of nitrogens with one attached hydrogen (secondary N) is 3. The lowest BCUT2D eigenvalue weighted by Crippen LogP contribution is -2.35. The number of benzene rings is 2. The average molecular weight is 495 g/mol. The molecule has 0 saturated carbocycles. The van der Waals surface area contributed by atoms with Gasteiger partial charge in [-0.1, -0.05) is 12.5 Å². The van der Waals surface area contributed by atoms with Crippen LogP contribution in [0.1, 0.15) is 36.5 Å².